The van der Waals surface area contributed by atoms with Crippen molar-refractivity contribution in [2.75, 3.05) is 0 Å². The third-order valence-electron chi connectivity index (χ3n) is 2.29. The van der Waals surface area contributed by atoms with Crippen molar-refractivity contribution in [2.45, 2.75) is 20.0 Å². The number of benzene rings is 1. The number of aldehydes is 1. The number of carbonyl (C=O) groups is 1. The SMILES string of the molecule is CCc1noc(COc2c(Cl)cccc2C=O)n1. The molecule has 1 aromatic carbocycles. The van der Waals surface area contributed by atoms with E-state index < -0.39 is 0 Å². The summed E-state index contributed by atoms with van der Waals surface area (Å²) in [6, 6.07) is 4.95. The summed E-state index contributed by atoms with van der Waals surface area (Å²) < 4.78 is 10.4. The van der Waals surface area contributed by atoms with Crippen LogP contribution < -0.4 is 4.74 Å². The fourth-order valence-electron chi connectivity index (χ4n) is 1.40. The van der Waals surface area contributed by atoms with Crippen LogP contribution in [0.5, 0.6) is 5.75 Å². The second-order valence-electron chi connectivity index (χ2n) is 3.52. The van der Waals surface area contributed by atoms with Crippen molar-refractivity contribution in [1.82, 2.24) is 10.1 Å². The first-order valence-corrected chi connectivity index (χ1v) is 5.80. The Labute approximate surface area is 109 Å². The third-order valence-corrected chi connectivity index (χ3v) is 2.59. The van der Waals surface area contributed by atoms with Gasteiger partial charge in [0.1, 0.15) is 5.75 Å². The van der Waals surface area contributed by atoms with Gasteiger partial charge in [0, 0.05) is 6.42 Å². The lowest BCUT2D eigenvalue weighted by Gasteiger charge is -2.07. The molecule has 5 nitrogen and oxygen atoms in total. The van der Waals surface area contributed by atoms with Gasteiger partial charge in [-0.3, -0.25) is 4.79 Å². The van der Waals surface area contributed by atoms with Gasteiger partial charge < -0.3 is 9.26 Å². The van der Waals surface area contributed by atoms with Crippen molar-refractivity contribution in [3.8, 4) is 5.75 Å². The Morgan fingerprint density at radius 2 is 2.33 bits per heavy atom. The average molecular weight is 267 g/mol. The lowest BCUT2D eigenvalue weighted by atomic mass is 10.2. The number of aromatic nitrogens is 2. The molecule has 0 aliphatic rings. The van der Waals surface area contributed by atoms with E-state index in [0.29, 0.717) is 40.8 Å². The van der Waals surface area contributed by atoms with Gasteiger partial charge >= 0.3 is 0 Å². The second-order valence-corrected chi connectivity index (χ2v) is 3.93. The number of ether oxygens (including phenoxy) is 1. The highest BCUT2D eigenvalue weighted by molar-refractivity contribution is 6.32. The molecule has 2 rings (SSSR count). The molecule has 0 N–H and O–H groups in total. The molecule has 2 aromatic rings. The molecule has 0 spiro atoms. The molecule has 0 bridgehead atoms. The van der Waals surface area contributed by atoms with Gasteiger partial charge in [-0.2, -0.15) is 4.98 Å². The molecule has 1 aromatic heterocycles. The van der Waals surface area contributed by atoms with E-state index in [1.54, 1.807) is 18.2 Å². The van der Waals surface area contributed by atoms with E-state index >= 15 is 0 Å². The molecule has 0 aliphatic heterocycles. The molecule has 18 heavy (non-hydrogen) atoms. The van der Waals surface area contributed by atoms with Crippen LogP contribution in [0.25, 0.3) is 0 Å². The standard InChI is InChI=1S/C12H11ClN2O3/c1-2-10-14-11(18-15-10)7-17-12-8(6-16)4-3-5-9(12)13/h3-6H,2,7H2,1H3. The molecule has 0 fully saturated rings. The number of aryl methyl sites for hydroxylation is 1. The zero-order valence-electron chi connectivity index (χ0n) is 9.72. The Morgan fingerprint density at radius 3 is 3.00 bits per heavy atom. The Morgan fingerprint density at radius 1 is 1.50 bits per heavy atom. The highest BCUT2D eigenvalue weighted by atomic mass is 35.5. The Kier molecular flexibility index (Phi) is 3.94. The summed E-state index contributed by atoms with van der Waals surface area (Å²) in [6.45, 7) is 2.01. The van der Waals surface area contributed by atoms with E-state index in [-0.39, 0.29) is 6.61 Å². The normalized spacial score (nSPS) is 10.3. The van der Waals surface area contributed by atoms with Gasteiger partial charge in [-0.25, -0.2) is 0 Å². The van der Waals surface area contributed by atoms with Crippen LogP contribution in [0.3, 0.4) is 0 Å². The van der Waals surface area contributed by atoms with Crippen LogP contribution >= 0.6 is 11.6 Å². The number of rotatable bonds is 5. The number of hydrogen-bond acceptors (Lipinski definition) is 5. The molecule has 0 unspecified atom stereocenters. The van der Waals surface area contributed by atoms with Crippen molar-refractivity contribution in [1.29, 1.82) is 0 Å². The van der Waals surface area contributed by atoms with Crippen LogP contribution in [0.4, 0.5) is 0 Å². The second kappa shape index (κ2) is 5.64. The zero-order chi connectivity index (χ0) is 13.0. The molecule has 94 valence electrons. The molecule has 0 radical (unpaired) electrons. The number of para-hydroxylation sites is 1. The van der Waals surface area contributed by atoms with Crippen LogP contribution in [0, 0.1) is 0 Å². The summed E-state index contributed by atoms with van der Waals surface area (Å²) in [7, 11) is 0. The number of hydrogen-bond donors (Lipinski definition) is 0. The molecule has 0 amide bonds. The van der Waals surface area contributed by atoms with E-state index in [1.165, 1.54) is 0 Å². The highest BCUT2D eigenvalue weighted by Crippen LogP contribution is 2.28. The predicted molar refractivity (Wildman–Crippen MR) is 64.8 cm³/mol. The van der Waals surface area contributed by atoms with E-state index in [9.17, 15) is 4.79 Å². The number of nitrogens with zero attached hydrogens (tertiary/aromatic N) is 2. The quantitative estimate of drug-likeness (QED) is 0.779. The Balaban J connectivity index is 2.12. The van der Waals surface area contributed by atoms with Crippen molar-refractivity contribution in [2.24, 2.45) is 0 Å². The van der Waals surface area contributed by atoms with Crippen LogP contribution in [0.2, 0.25) is 5.02 Å². The molecule has 6 heteroatoms. The van der Waals surface area contributed by atoms with Gasteiger partial charge in [0.25, 0.3) is 5.89 Å². The minimum atomic E-state index is 0.0809. The first-order valence-electron chi connectivity index (χ1n) is 5.42. The summed E-state index contributed by atoms with van der Waals surface area (Å²) in [5, 5.41) is 4.11. The first-order chi connectivity index (χ1) is 8.74. The van der Waals surface area contributed by atoms with Crippen LogP contribution in [0.15, 0.2) is 22.7 Å². The molecule has 0 saturated carbocycles. The molecular formula is C12H11ClN2O3. The van der Waals surface area contributed by atoms with Crippen molar-refractivity contribution < 1.29 is 14.1 Å². The van der Waals surface area contributed by atoms with Crippen LogP contribution in [-0.2, 0) is 13.0 Å². The fourth-order valence-corrected chi connectivity index (χ4v) is 1.63. The van der Waals surface area contributed by atoms with Gasteiger partial charge in [0.05, 0.1) is 10.6 Å². The minimum Gasteiger partial charge on any atom is -0.481 e. The smallest absolute Gasteiger partial charge is 0.264 e. The average Bonchev–Trinajstić information content (AvgIpc) is 2.85. The highest BCUT2D eigenvalue weighted by Gasteiger charge is 2.10. The number of carbonyl (C=O) groups excluding carboxylic acids is 1. The molecule has 0 saturated heterocycles. The van der Waals surface area contributed by atoms with Crippen molar-refractivity contribution >= 4 is 17.9 Å². The van der Waals surface area contributed by atoms with Gasteiger partial charge in [-0.05, 0) is 12.1 Å². The molecule has 0 aliphatic carbocycles. The van der Waals surface area contributed by atoms with Crippen molar-refractivity contribution in [3.63, 3.8) is 0 Å². The van der Waals surface area contributed by atoms with E-state index in [2.05, 4.69) is 10.1 Å². The van der Waals surface area contributed by atoms with Gasteiger partial charge in [-0.15, -0.1) is 0 Å². The molecular weight excluding hydrogens is 256 g/mol. The summed E-state index contributed by atoms with van der Waals surface area (Å²) in [4.78, 5) is 14.9. The van der Waals surface area contributed by atoms with E-state index in [1.807, 2.05) is 6.92 Å². The zero-order valence-corrected chi connectivity index (χ0v) is 10.5. The maximum Gasteiger partial charge on any atom is 0.264 e. The summed E-state index contributed by atoms with van der Waals surface area (Å²) in [5.41, 5.74) is 0.387. The molecule has 1 heterocycles. The Hall–Kier alpha value is -1.88. The van der Waals surface area contributed by atoms with Gasteiger partial charge in [0.2, 0.25) is 0 Å². The van der Waals surface area contributed by atoms with E-state index in [4.69, 9.17) is 20.9 Å². The fraction of sp³-hybridized carbons (Fsp3) is 0.250. The minimum absolute atomic E-state index is 0.0809. The maximum absolute atomic E-state index is 10.9. The lowest BCUT2D eigenvalue weighted by molar-refractivity contribution is 0.111. The van der Waals surface area contributed by atoms with Crippen LogP contribution in [0.1, 0.15) is 29.0 Å². The third kappa shape index (κ3) is 2.68. The summed E-state index contributed by atoms with van der Waals surface area (Å²) in [6.07, 6.45) is 1.38. The Bertz CT molecular complexity index is 554. The topological polar surface area (TPSA) is 65.2 Å². The lowest BCUT2D eigenvalue weighted by Crippen LogP contribution is -1.99. The van der Waals surface area contributed by atoms with Crippen LogP contribution in [-0.4, -0.2) is 16.4 Å². The van der Waals surface area contributed by atoms with Crippen molar-refractivity contribution in [3.05, 3.63) is 40.5 Å². The molecule has 0 atom stereocenters. The summed E-state index contributed by atoms with van der Waals surface area (Å²) >= 11 is 5.96. The van der Waals surface area contributed by atoms with Gasteiger partial charge in [-0.1, -0.05) is 29.7 Å². The largest absolute Gasteiger partial charge is 0.481 e. The first kappa shape index (κ1) is 12.6. The predicted octanol–water partition coefficient (Wildman–Crippen LogP) is 2.68. The van der Waals surface area contributed by atoms with Gasteiger partial charge in [0.15, 0.2) is 18.7 Å². The maximum atomic E-state index is 10.9. The van der Waals surface area contributed by atoms with E-state index in [0.717, 1.165) is 0 Å². The summed E-state index contributed by atoms with van der Waals surface area (Å²) in [5.74, 6) is 1.29. The number of halogens is 1. The monoisotopic (exact) mass is 266 g/mol.